The summed E-state index contributed by atoms with van der Waals surface area (Å²) in [6, 6.07) is 0. The molecule has 1 atom stereocenters. The molecular formula is C9H14N4. The van der Waals surface area contributed by atoms with E-state index in [9.17, 15) is 0 Å². The zero-order valence-corrected chi connectivity index (χ0v) is 8.23. The van der Waals surface area contributed by atoms with Gasteiger partial charge in [-0.15, -0.1) is 0 Å². The van der Waals surface area contributed by atoms with Gasteiger partial charge in [-0.3, -0.25) is 15.0 Å². The van der Waals surface area contributed by atoms with Crippen molar-refractivity contribution < 1.29 is 0 Å². The minimum absolute atomic E-state index is 0.0357. The van der Waals surface area contributed by atoms with Crippen molar-refractivity contribution in [2.24, 2.45) is 15.1 Å². The second-order valence-electron chi connectivity index (χ2n) is 2.97. The van der Waals surface area contributed by atoms with Crippen molar-refractivity contribution in [1.29, 1.82) is 0 Å². The third-order valence-corrected chi connectivity index (χ3v) is 1.74. The average molecular weight is 178 g/mol. The molecule has 70 valence electrons. The Balaban J connectivity index is 2.94. The number of hydrazone groups is 1. The molecule has 0 aromatic heterocycles. The second kappa shape index (κ2) is 3.98. The van der Waals surface area contributed by atoms with Crippen molar-refractivity contribution in [1.82, 2.24) is 5.01 Å². The van der Waals surface area contributed by atoms with E-state index in [2.05, 4.69) is 21.7 Å². The fourth-order valence-corrected chi connectivity index (χ4v) is 0.875. The Morgan fingerprint density at radius 2 is 2.15 bits per heavy atom. The zero-order chi connectivity index (χ0) is 9.84. The summed E-state index contributed by atoms with van der Waals surface area (Å²) in [6.07, 6.45) is 3.36. The maximum atomic E-state index is 4.35. The molecule has 0 aliphatic carbocycles. The molecule has 0 spiro atoms. The highest BCUT2D eigenvalue weighted by atomic mass is 15.5. The van der Waals surface area contributed by atoms with Crippen LogP contribution in [0.3, 0.4) is 0 Å². The van der Waals surface area contributed by atoms with Crippen LogP contribution in [0.5, 0.6) is 0 Å². The Morgan fingerprint density at radius 1 is 1.46 bits per heavy atom. The molecule has 4 heteroatoms. The first-order chi connectivity index (χ1) is 6.09. The van der Waals surface area contributed by atoms with Crippen LogP contribution in [0.1, 0.15) is 13.8 Å². The van der Waals surface area contributed by atoms with Crippen LogP contribution >= 0.6 is 0 Å². The fourth-order valence-electron chi connectivity index (χ4n) is 0.875. The van der Waals surface area contributed by atoms with E-state index >= 15 is 0 Å². The van der Waals surface area contributed by atoms with Gasteiger partial charge in [-0.2, -0.15) is 5.10 Å². The van der Waals surface area contributed by atoms with Crippen LogP contribution < -0.4 is 0 Å². The van der Waals surface area contributed by atoms with Crippen LogP contribution in [-0.2, 0) is 0 Å². The summed E-state index contributed by atoms with van der Waals surface area (Å²) in [6.45, 7) is 7.61. The quantitative estimate of drug-likeness (QED) is 0.551. The highest BCUT2D eigenvalue weighted by molar-refractivity contribution is 6.30. The van der Waals surface area contributed by atoms with Crippen LogP contribution in [0.4, 0.5) is 0 Å². The van der Waals surface area contributed by atoms with E-state index in [-0.39, 0.29) is 6.17 Å². The minimum Gasteiger partial charge on any atom is -0.276 e. The Hall–Kier alpha value is -1.45. The molecule has 0 saturated carbocycles. The molecule has 1 aliphatic rings. The number of nitrogens with zero attached hydrogens (tertiary/aromatic N) is 4. The van der Waals surface area contributed by atoms with Gasteiger partial charge in [0.05, 0.1) is 17.6 Å². The Labute approximate surface area is 78.4 Å². The summed E-state index contributed by atoms with van der Waals surface area (Å²) in [5.41, 5.74) is 1.52. The molecular weight excluding hydrogens is 164 g/mol. The van der Waals surface area contributed by atoms with Crippen LogP contribution in [0.15, 0.2) is 27.4 Å². The van der Waals surface area contributed by atoms with E-state index in [0.717, 1.165) is 5.71 Å². The number of allylic oxidation sites excluding steroid dienone is 1. The lowest BCUT2D eigenvalue weighted by Crippen LogP contribution is -2.22. The highest BCUT2D eigenvalue weighted by Gasteiger charge is 2.04. The molecule has 1 aliphatic heterocycles. The maximum absolute atomic E-state index is 4.35. The van der Waals surface area contributed by atoms with Crippen LogP contribution in [-0.4, -0.2) is 36.4 Å². The van der Waals surface area contributed by atoms with Gasteiger partial charge >= 0.3 is 0 Å². The average Bonchev–Trinajstić information content (AvgIpc) is 2.13. The van der Waals surface area contributed by atoms with Crippen molar-refractivity contribution in [2.75, 3.05) is 7.05 Å². The molecule has 0 saturated heterocycles. The number of hydrogen-bond acceptors (Lipinski definition) is 4. The van der Waals surface area contributed by atoms with E-state index in [4.69, 9.17) is 0 Å². The lowest BCUT2D eigenvalue weighted by Gasteiger charge is -2.17. The number of hydrogen-bond donors (Lipinski definition) is 0. The van der Waals surface area contributed by atoms with Crippen molar-refractivity contribution in [3.05, 3.63) is 12.3 Å². The van der Waals surface area contributed by atoms with Gasteiger partial charge in [0.2, 0.25) is 0 Å². The normalized spacial score (nSPS) is 32.5. The van der Waals surface area contributed by atoms with Gasteiger partial charge in [-0.25, -0.2) is 0 Å². The minimum atomic E-state index is 0.0357. The summed E-state index contributed by atoms with van der Waals surface area (Å²) in [5.74, 6) is 0. The van der Waals surface area contributed by atoms with Crippen LogP contribution in [0, 0.1) is 0 Å². The first kappa shape index (κ1) is 9.64. The third-order valence-electron chi connectivity index (χ3n) is 1.74. The van der Waals surface area contributed by atoms with E-state index in [1.54, 1.807) is 17.4 Å². The standard InChI is InChI=1S/C9H14N4/c1-7-6-11-13(4)9(3)12-8(2)5-10-7/h5-6,9H,1H2,2-4H3/b10-5-,11-6-,12-8-. The molecule has 0 aromatic rings. The van der Waals surface area contributed by atoms with Gasteiger partial charge in [-0.1, -0.05) is 6.58 Å². The zero-order valence-electron chi connectivity index (χ0n) is 8.23. The lowest BCUT2D eigenvalue weighted by atomic mass is 10.4. The Bertz CT molecular complexity index is 288. The largest absolute Gasteiger partial charge is 0.276 e. The highest BCUT2D eigenvalue weighted by Crippen LogP contribution is 2.01. The maximum Gasteiger partial charge on any atom is 0.134 e. The molecule has 0 amide bonds. The summed E-state index contributed by atoms with van der Waals surface area (Å²) < 4.78 is 0. The van der Waals surface area contributed by atoms with E-state index in [1.165, 1.54) is 0 Å². The molecule has 1 heterocycles. The molecule has 4 nitrogen and oxygen atoms in total. The summed E-state index contributed by atoms with van der Waals surface area (Å²) >= 11 is 0. The second-order valence-corrected chi connectivity index (χ2v) is 2.97. The molecule has 1 unspecified atom stereocenters. The molecule has 13 heavy (non-hydrogen) atoms. The lowest BCUT2D eigenvalue weighted by molar-refractivity contribution is 0.281. The molecule has 0 fully saturated rings. The summed E-state index contributed by atoms with van der Waals surface area (Å²) in [5, 5.41) is 5.90. The van der Waals surface area contributed by atoms with Gasteiger partial charge in [0.1, 0.15) is 6.17 Å². The fraction of sp³-hybridized carbons (Fsp3) is 0.444. The van der Waals surface area contributed by atoms with Gasteiger partial charge in [0, 0.05) is 13.3 Å². The third kappa shape index (κ3) is 2.82. The van der Waals surface area contributed by atoms with Crippen molar-refractivity contribution in [3.63, 3.8) is 0 Å². The Kier molecular flexibility index (Phi) is 2.95. The van der Waals surface area contributed by atoms with Crippen molar-refractivity contribution >= 4 is 18.1 Å². The molecule has 1 rings (SSSR count). The first-order valence-electron chi connectivity index (χ1n) is 4.14. The first-order valence-corrected chi connectivity index (χ1v) is 4.14. The summed E-state index contributed by atoms with van der Waals surface area (Å²) in [7, 11) is 1.87. The van der Waals surface area contributed by atoms with E-state index < -0.39 is 0 Å². The van der Waals surface area contributed by atoms with E-state index in [0.29, 0.717) is 5.70 Å². The predicted molar refractivity (Wildman–Crippen MR) is 56.5 cm³/mol. The van der Waals surface area contributed by atoms with Crippen molar-refractivity contribution in [3.8, 4) is 0 Å². The van der Waals surface area contributed by atoms with Gasteiger partial charge in [0.15, 0.2) is 0 Å². The topological polar surface area (TPSA) is 40.3 Å². The van der Waals surface area contributed by atoms with Crippen LogP contribution in [0.25, 0.3) is 0 Å². The van der Waals surface area contributed by atoms with Crippen LogP contribution in [0.2, 0.25) is 0 Å². The SMILES string of the molecule is C=C1/C=N\N(C)C(C)/N=C(C)\C=N/1. The Morgan fingerprint density at radius 3 is 2.85 bits per heavy atom. The van der Waals surface area contributed by atoms with E-state index in [1.807, 2.05) is 20.9 Å². The van der Waals surface area contributed by atoms with Gasteiger partial charge in [-0.05, 0) is 13.8 Å². The smallest absolute Gasteiger partial charge is 0.134 e. The molecule has 0 radical (unpaired) electrons. The van der Waals surface area contributed by atoms with Gasteiger partial charge in [0.25, 0.3) is 0 Å². The van der Waals surface area contributed by atoms with Crippen molar-refractivity contribution in [2.45, 2.75) is 20.0 Å². The summed E-state index contributed by atoms with van der Waals surface area (Å²) in [4.78, 5) is 8.42. The van der Waals surface area contributed by atoms with Gasteiger partial charge < -0.3 is 0 Å². The number of aliphatic imine (C=N–C) groups is 2. The predicted octanol–water partition coefficient (Wildman–Crippen LogP) is 1.31. The molecule has 0 aromatic carbocycles. The molecule has 0 N–H and O–H groups in total. The number of rotatable bonds is 0. The monoisotopic (exact) mass is 178 g/mol. The molecule has 0 bridgehead atoms.